The summed E-state index contributed by atoms with van der Waals surface area (Å²) in [6.07, 6.45) is 10.7. The molecular weight excluding hydrogens is 256 g/mol. The van der Waals surface area contributed by atoms with Crippen LogP contribution in [0.4, 0.5) is 0 Å². The molecule has 5 aliphatic rings. The fourth-order valence-corrected chi connectivity index (χ4v) is 6.82. The summed E-state index contributed by atoms with van der Waals surface area (Å²) >= 11 is 0. The third kappa shape index (κ3) is 2.57. The van der Waals surface area contributed by atoms with E-state index < -0.39 is 0 Å². The number of hydrogen-bond donors (Lipinski definition) is 1. The predicted octanol–water partition coefficient (Wildman–Crippen LogP) is 3.66. The summed E-state index contributed by atoms with van der Waals surface area (Å²) in [5, 5.41) is 3.76. The highest BCUT2D eigenvalue weighted by molar-refractivity contribution is 5.06. The first kappa shape index (κ1) is 14.5. The van der Waals surface area contributed by atoms with Gasteiger partial charge in [-0.3, -0.25) is 4.90 Å². The van der Waals surface area contributed by atoms with Crippen molar-refractivity contribution in [3.8, 4) is 0 Å². The topological polar surface area (TPSA) is 15.3 Å². The molecule has 1 N–H and O–H groups in total. The molecule has 4 bridgehead atoms. The van der Waals surface area contributed by atoms with Crippen LogP contribution in [-0.2, 0) is 0 Å². The first-order valence-corrected chi connectivity index (χ1v) is 9.54. The van der Waals surface area contributed by atoms with Gasteiger partial charge in [-0.25, -0.2) is 0 Å². The van der Waals surface area contributed by atoms with Crippen molar-refractivity contribution >= 4 is 0 Å². The second kappa shape index (κ2) is 5.23. The van der Waals surface area contributed by atoms with Crippen molar-refractivity contribution < 1.29 is 0 Å². The molecule has 0 aromatic carbocycles. The Morgan fingerprint density at radius 3 is 2.05 bits per heavy atom. The second-order valence-corrected chi connectivity index (χ2v) is 9.26. The van der Waals surface area contributed by atoms with Crippen molar-refractivity contribution in [1.82, 2.24) is 10.2 Å². The Labute approximate surface area is 131 Å². The third-order valence-electron chi connectivity index (χ3n) is 7.31. The van der Waals surface area contributed by atoms with Crippen LogP contribution in [0.15, 0.2) is 0 Å². The van der Waals surface area contributed by atoms with Crippen molar-refractivity contribution in [1.29, 1.82) is 0 Å². The number of nitrogens with zero attached hydrogens (tertiary/aromatic N) is 1. The van der Waals surface area contributed by atoms with Crippen molar-refractivity contribution in [2.45, 2.75) is 83.8 Å². The molecule has 4 aliphatic carbocycles. The van der Waals surface area contributed by atoms with E-state index in [1.807, 2.05) is 0 Å². The summed E-state index contributed by atoms with van der Waals surface area (Å²) < 4.78 is 0. The van der Waals surface area contributed by atoms with E-state index in [9.17, 15) is 0 Å². The highest BCUT2D eigenvalue weighted by Crippen LogP contribution is 2.62. The zero-order chi connectivity index (χ0) is 14.6. The van der Waals surface area contributed by atoms with Gasteiger partial charge in [0.15, 0.2) is 0 Å². The van der Waals surface area contributed by atoms with Gasteiger partial charge in [-0.05, 0) is 75.0 Å². The molecule has 2 unspecified atom stereocenters. The van der Waals surface area contributed by atoms with Gasteiger partial charge in [0.25, 0.3) is 0 Å². The summed E-state index contributed by atoms with van der Waals surface area (Å²) in [7, 11) is 0. The monoisotopic (exact) mass is 290 g/mol. The molecule has 120 valence electrons. The van der Waals surface area contributed by atoms with Gasteiger partial charge in [-0.15, -0.1) is 0 Å². The molecule has 5 rings (SSSR count). The normalized spacial score (nSPS) is 47.4. The van der Waals surface area contributed by atoms with Crippen molar-refractivity contribution in [2.75, 3.05) is 13.1 Å². The first-order valence-electron chi connectivity index (χ1n) is 9.54. The van der Waals surface area contributed by atoms with E-state index in [0.29, 0.717) is 11.5 Å². The van der Waals surface area contributed by atoms with Gasteiger partial charge in [0, 0.05) is 31.2 Å². The molecule has 1 heterocycles. The molecule has 4 saturated carbocycles. The highest BCUT2D eigenvalue weighted by Gasteiger charge is 2.54. The molecule has 21 heavy (non-hydrogen) atoms. The maximum atomic E-state index is 3.76. The van der Waals surface area contributed by atoms with Crippen LogP contribution in [0.1, 0.15) is 65.7 Å². The van der Waals surface area contributed by atoms with Gasteiger partial charge in [-0.1, -0.05) is 13.8 Å². The lowest BCUT2D eigenvalue weighted by atomic mass is 9.47. The van der Waals surface area contributed by atoms with Crippen molar-refractivity contribution in [3.05, 3.63) is 0 Å². The standard InChI is InChI=1S/C19H34N2/c1-13(2)20-18-4-5-21(12-18)14(3)19-9-15-6-16(10-19)8-17(7-15)11-19/h13-18,20H,4-12H2,1-3H3. The molecule has 0 spiro atoms. The molecule has 2 heteroatoms. The molecule has 1 saturated heterocycles. The maximum Gasteiger partial charge on any atom is 0.0209 e. The lowest BCUT2D eigenvalue weighted by Crippen LogP contribution is -2.55. The van der Waals surface area contributed by atoms with Gasteiger partial charge < -0.3 is 5.32 Å². The van der Waals surface area contributed by atoms with E-state index in [1.165, 1.54) is 19.5 Å². The van der Waals surface area contributed by atoms with Crippen LogP contribution in [0.25, 0.3) is 0 Å². The fourth-order valence-electron chi connectivity index (χ4n) is 6.82. The van der Waals surface area contributed by atoms with E-state index in [1.54, 1.807) is 38.5 Å². The Kier molecular flexibility index (Phi) is 3.61. The molecule has 0 aromatic heterocycles. The van der Waals surface area contributed by atoms with Crippen LogP contribution in [0.3, 0.4) is 0 Å². The summed E-state index contributed by atoms with van der Waals surface area (Å²) in [5.41, 5.74) is 0.696. The minimum absolute atomic E-state index is 0.629. The minimum Gasteiger partial charge on any atom is -0.310 e. The Balaban J connectivity index is 1.44. The Morgan fingerprint density at radius 2 is 1.52 bits per heavy atom. The Morgan fingerprint density at radius 1 is 0.952 bits per heavy atom. The number of nitrogens with one attached hydrogen (secondary N) is 1. The molecule has 0 radical (unpaired) electrons. The van der Waals surface area contributed by atoms with Crippen LogP contribution in [0.5, 0.6) is 0 Å². The van der Waals surface area contributed by atoms with Crippen LogP contribution < -0.4 is 5.32 Å². The van der Waals surface area contributed by atoms with Crippen molar-refractivity contribution in [3.63, 3.8) is 0 Å². The zero-order valence-corrected chi connectivity index (χ0v) is 14.3. The molecule has 2 nitrogen and oxygen atoms in total. The molecular formula is C19H34N2. The summed E-state index contributed by atoms with van der Waals surface area (Å²) in [5.74, 6) is 3.27. The number of rotatable bonds is 4. The lowest BCUT2D eigenvalue weighted by Gasteiger charge is -2.60. The van der Waals surface area contributed by atoms with E-state index in [2.05, 4.69) is 31.0 Å². The van der Waals surface area contributed by atoms with Crippen LogP contribution in [0, 0.1) is 23.2 Å². The maximum absolute atomic E-state index is 3.76. The van der Waals surface area contributed by atoms with Crippen LogP contribution >= 0.6 is 0 Å². The summed E-state index contributed by atoms with van der Waals surface area (Å²) in [6, 6.07) is 2.19. The SMILES string of the molecule is CC(C)NC1CCN(C(C)C23CC4CC(CC(C4)C2)C3)C1. The smallest absolute Gasteiger partial charge is 0.0209 e. The Bertz CT molecular complexity index is 354. The lowest BCUT2D eigenvalue weighted by molar-refractivity contribution is -0.0932. The highest BCUT2D eigenvalue weighted by atomic mass is 15.2. The van der Waals surface area contributed by atoms with Gasteiger partial charge in [0.1, 0.15) is 0 Å². The van der Waals surface area contributed by atoms with E-state index >= 15 is 0 Å². The number of hydrogen-bond acceptors (Lipinski definition) is 2. The molecule has 0 amide bonds. The van der Waals surface area contributed by atoms with E-state index in [4.69, 9.17) is 0 Å². The quantitative estimate of drug-likeness (QED) is 0.850. The average molecular weight is 290 g/mol. The van der Waals surface area contributed by atoms with Crippen molar-refractivity contribution in [2.24, 2.45) is 23.2 Å². The summed E-state index contributed by atoms with van der Waals surface area (Å²) in [6.45, 7) is 9.76. The van der Waals surface area contributed by atoms with Gasteiger partial charge in [-0.2, -0.15) is 0 Å². The number of likely N-dealkylation sites (tertiary alicyclic amines) is 1. The summed E-state index contributed by atoms with van der Waals surface area (Å²) in [4.78, 5) is 2.84. The van der Waals surface area contributed by atoms with E-state index in [-0.39, 0.29) is 0 Å². The zero-order valence-electron chi connectivity index (χ0n) is 14.3. The second-order valence-electron chi connectivity index (χ2n) is 9.26. The largest absolute Gasteiger partial charge is 0.310 e. The average Bonchev–Trinajstić information content (AvgIpc) is 2.83. The molecule has 2 atom stereocenters. The molecule has 5 fully saturated rings. The van der Waals surface area contributed by atoms with Crippen LogP contribution in [-0.4, -0.2) is 36.1 Å². The van der Waals surface area contributed by atoms with Crippen LogP contribution in [0.2, 0.25) is 0 Å². The van der Waals surface area contributed by atoms with E-state index in [0.717, 1.165) is 29.8 Å². The first-order chi connectivity index (χ1) is 10.0. The fraction of sp³-hybridized carbons (Fsp3) is 1.00. The molecule has 1 aliphatic heterocycles. The predicted molar refractivity (Wildman–Crippen MR) is 88.3 cm³/mol. The van der Waals surface area contributed by atoms with Gasteiger partial charge >= 0.3 is 0 Å². The Hall–Kier alpha value is -0.0800. The molecule has 0 aromatic rings. The minimum atomic E-state index is 0.629. The van der Waals surface area contributed by atoms with Gasteiger partial charge in [0.2, 0.25) is 0 Å². The van der Waals surface area contributed by atoms with Gasteiger partial charge in [0.05, 0.1) is 0 Å². The third-order valence-corrected chi connectivity index (χ3v) is 7.31.